The summed E-state index contributed by atoms with van der Waals surface area (Å²) in [7, 11) is 0. The van der Waals surface area contributed by atoms with Gasteiger partial charge < -0.3 is 5.73 Å². The monoisotopic (exact) mass is 254 g/mol. The van der Waals surface area contributed by atoms with Gasteiger partial charge in [-0.2, -0.15) is 0 Å². The summed E-state index contributed by atoms with van der Waals surface area (Å²) in [5.41, 5.74) is 7.86. The molecule has 0 atom stereocenters. The van der Waals surface area contributed by atoms with Crippen molar-refractivity contribution in [3.8, 4) is 11.8 Å². The van der Waals surface area contributed by atoms with Crippen LogP contribution in [0.1, 0.15) is 36.8 Å². The summed E-state index contributed by atoms with van der Waals surface area (Å²) in [6.07, 6.45) is 5.67. The van der Waals surface area contributed by atoms with Crippen LogP contribution in [0.4, 0.5) is 0 Å². The summed E-state index contributed by atoms with van der Waals surface area (Å²) in [5, 5.41) is 0. The highest BCUT2D eigenvalue weighted by Crippen LogP contribution is 2.35. The maximum absolute atomic E-state index is 5.38. The fraction of sp³-hybridized carbons (Fsp3) is 0.529. The van der Waals surface area contributed by atoms with E-state index >= 15 is 0 Å². The van der Waals surface area contributed by atoms with Crippen molar-refractivity contribution < 1.29 is 0 Å². The van der Waals surface area contributed by atoms with Crippen LogP contribution in [0.5, 0.6) is 0 Å². The molecule has 3 rings (SSSR count). The van der Waals surface area contributed by atoms with Gasteiger partial charge >= 0.3 is 0 Å². The highest BCUT2D eigenvalue weighted by Gasteiger charge is 2.33. The topological polar surface area (TPSA) is 29.3 Å². The van der Waals surface area contributed by atoms with Gasteiger partial charge in [0.25, 0.3) is 0 Å². The Morgan fingerprint density at radius 2 is 1.84 bits per heavy atom. The Morgan fingerprint density at radius 3 is 2.42 bits per heavy atom. The van der Waals surface area contributed by atoms with Crippen molar-refractivity contribution in [1.29, 1.82) is 0 Å². The van der Waals surface area contributed by atoms with Crippen LogP contribution < -0.4 is 5.73 Å². The van der Waals surface area contributed by atoms with Crippen LogP contribution in [0.25, 0.3) is 0 Å². The zero-order valence-electron chi connectivity index (χ0n) is 11.4. The minimum Gasteiger partial charge on any atom is -0.320 e. The van der Waals surface area contributed by atoms with Crippen LogP contribution in [0, 0.1) is 17.8 Å². The molecular weight excluding hydrogens is 232 g/mol. The lowest BCUT2D eigenvalue weighted by Gasteiger charge is -2.21. The minimum atomic E-state index is 0.429. The van der Waals surface area contributed by atoms with Crippen molar-refractivity contribution in [2.75, 3.05) is 13.1 Å². The maximum Gasteiger partial charge on any atom is 0.0555 e. The van der Waals surface area contributed by atoms with Crippen molar-refractivity contribution >= 4 is 0 Å². The molecular formula is C17H22N2. The molecule has 0 amide bonds. The van der Waals surface area contributed by atoms with Crippen molar-refractivity contribution in [3.63, 3.8) is 0 Å². The van der Waals surface area contributed by atoms with Crippen molar-refractivity contribution in [2.45, 2.75) is 38.3 Å². The Labute approximate surface area is 116 Å². The molecule has 2 aliphatic carbocycles. The molecule has 2 N–H and O–H groups in total. The summed E-state index contributed by atoms with van der Waals surface area (Å²) in [5.74, 6) is 6.95. The summed E-state index contributed by atoms with van der Waals surface area (Å²) < 4.78 is 0. The van der Waals surface area contributed by atoms with E-state index in [0.29, 0.717) is 6.54 Å². The molecule has 2 nitrogen and oxygen atoms in total. The first kappa shape index (κ1) is 12.7. The maximum atomic E-state index is 5.38. The minimum absolute atomic E-state index is 0.429. The van der Waals surface area contributed by atoms with Gasteiger partial charge in [-0.05, 0) is 49.3 Å². The first-order chi connectivity index (χ1) is 9.35. The fourth-order valence-electron chi connectivity index (χ4n) is 2.50. The van der Waals surface area contributed by atoms with Gasteiger partial charge in [0.1, 0.15) is 0 Å². The van der Waals surface area contributed by atoms with Crippen LogP contribution in [-0.2, 0) is 6.54 Å². The van der Waals surface area contributed by atoms with Crippen LogP contribution >= 0.6 is 0 Å². The highest BCUT2D eigenvalue weighted by atomic mass is 15.2. The Balaban J connectivity index is 1.60. The lowest BCUT2D eigenvalue weighted by atomic mass is 10.1. The van der Waals surface area contributed by atoms with Gasteiger partial charge in [0.15, 0.2) is 0 Å². The molecule has 0 saturated heterocycles. The van der Waals surface area contributed by atoms with E-state index in [1.54, 1.807) is 0 Å². The molecule has 1 aromatic rings. The average Bonchev–Trinajstić information content (AvgIpc) is 3.28. The van der Waals surface area contributed by atoms with E-state index < -0.39 is 0 Å². The van der Waals surface area contributed by atoms with Crippen LogP contribution in [-0.4, -0.2) is 24.0 Å². The molecule has 2 heteroatoms. The van der Waals surface area contributed by atoms with Gasteiger partial charge in [0.05, 0.1) is 6.54 Å². The summed E-state index contributed by atoms with van der Waals surface area (Å²) in [4.78, 5) is 2.68. The van der Waals surface area contributed by atoms with E-state index in [4.69, 9.17) is 5.73 Å². The third kappa shape index (κ3) is 3.83. The quantitative estimate of drug-likeness (QED) is 0.817. The molecule has 2 aliphatic rings. The molecule has 0 unspecified atom stereocenters. The van der Waals surface area contributed by atoms with E-state index in [2.05, 4.69) is 41.0 Å². The molecule has 1 aromatic carbocycles. The molecule has 0 aliphatic heterocycles. The normalized spacial score (nSPS) is 18.2. The predicted molar refractivity (Wildman–Crippen MR) is 78.5 cm³/mol. The number of rotatable bonds is 5. The van der Waals surface area contributed by atoms with Crippen molar-refractivity contribution in [2.24, 2.45) is 11.7 Å². The highest BCUT2D eigenvalue weighted by molar-refractivity contribution is 5.36. The predicted octanol–water partition coefficient (Wildman–Crippen LogP) is 2.37. The summed E-state index contributed by atoms with van der Waals surface area (Å²) in [6.45, 7) is 2.84. The number of hydrogen-bond acceptors (Lipinski definition) is 2. The molecule has 0 spiro atoms. The van der Waals surface area contributed by atoms with Gasteiger partial charge in [0.2, 0.25) is 0 Å². The van der Waals surface area contributed by atoms with E-state index in [1.807, 2.05) is 0 Å². The lowest BCUT2D eigenvalue weighted by molar-refractivity contribution is 0.244. The van der Waals surface area contributed by atoms with E-state index in [0.717, 1.165) is 24.1 Å². The first-order valence-corrected chi connectivity index (χ1v) is 7.37. The zero-order chi connectivity index (χ0) is 13.1. The third-order valence-corrected chi connectivity index (χ3v) is 3.93. The van der Waals surface area contributed by atoms with Gasteiger partial charge in [0, 0.05) is 24.7 Å². The average molecular weight is 254 g/mol. The van der Waals surface area contributed by atoms with Crippen LogP contribution in [0.15, 0.2) is 24.3 Å². The van der Waals surface area contributed by atoms with Crippen LogP contribution in [0.2, 0.25) is 0 Å². The van der Waals surface area contributed by atoms with E-state index in [9.17, 15) is 0 Å². The Bertz CT molecular complexity index is 472. The summed E-state index contributed by atoms with van der Waals surface area (Å²) in [6, 6.07) is 9.50. The first-order valence-electron chi connectivity index (χ1n) is 7.37. The number of hydrogen-bond donors (Lipinski definition) is 1. The molecule has 0 radical (unpaired) electrons. The van der Waals surface area contributed by atoms with Crippen molar-refractivity contribution in [1.82, 2.24) is 4.90 Å². The lowest BCUT2D eigenvalue weighted by Crippen LogP contribution is -2.27. The van der Waals surface area contributed by atoms with Gasteiger partial charge in [-0.1, -0.05) is 24.0 Å². The van der Waals surface area contributed by atoms with Gasteiger partial charge in [-0.15, -0.1) is 0 Å². The van der Waals surface area contributed by atoms with Crippen molar-refractivity contribution in [3.05, 3.63) is 35.4 Å². The number of nitrogens with two attached hydrogens (primary N) is 1. The Hall–Kier alpha value is -1.30. The SMILES string of the molecule is NCC#Cc1ccc(CN(CC2CC2)C2CC2)cc1. The smallest absolute Gasteiger partial charge is 0.0555 e. The molecule has 2 saturated carbocycles. The number of benzene rings is 1. The molecule has 19 heavy (non-hydrogen) atoms. The van der Waals surface area contributed by atoms with Gasteiger partial charge in [-0.25, -0.2) is 0 Å². The van der Waals surface area contributed by atoms with Crippen LogP contribution in [0.3, 0.4) is 0 Å². The second kappa shape index (κ2) is 5.77. The standard InChI is InChI=1S/C17H22N2/c18-11-1-2-14-3-5-15(6-4-14)12-19(17-9-10-17)13-16-7-8-16/h3-6,16-17H,7-13,18H2. The molecule has 0 aromatic heterocycles. The summed E-state index contributed by atoms with van der Waals surface area (Å²) >= 11 is 0. The van der Waals surface area contributed by atoms with Gasteiger partial charge in [-0.3, -0.25) is 4.90 Å². The Kier molecular flexibility index (Phi) is 3.87. The number of nitrogens with zero attached hydrogens (tertiary/aromatic N) is 1. The molecule has 0 bridgehead atoms. The third-order valence-electron chi connectivity index (χ3n) is 3.93. The Morgan fingerprint density at radius 1 is 1.11 bits per heavy atom. The second-order valence-corrected chi connectivity index (χ2v) is 5.81. The molecule has 0 heterocycles. The van der Waals surface area contributed by atoms with E-state index in [1.165, 1.54) is 37.8 Å². The molecule has 2 fully saturated rings. The molecule has 100 valence electrons. The van der Waals surface area contributed by atoms with E-state index in [-0.39, 0.29) is 0 Å². The zero-order valence-corrected chi connectivity index (χ0v) is 11.4. The fourth-order valence-corrected chi connectivity index (χ4v) is 2.50. The largest absolute Gasteiger partial charge is 0.320 e. The second-order valence-electron chi connectivity index (χ2n) is 5.81.